The zero-order chi connectivity index (χ0) is 15.5. The molecule has 1 saturated heterocycles. The fourth-order valence-corrected chi connectivity index (χ4v) is 3.43. The summed E-state index contributed by atoms with van der Waals surface area (Å²) >= 11 is 0. The quantitative estimate of drug-likeness (QED) is 0.562. The Labute approximate surface area is 131 Å². The molecular weight excluding hydrogens is 262 g/mol. The van der Waals surface area contributed by atoms with Crippen molar-refractivity contribution in [3.05, 3.63) is 0 Å². The highest BCUT2D eigenvalue weighted by atomic mass is 16.4. The van der Waals surface area contributed by atoms with Crippen molar-refractivity contribution in [2.24, 2.45) is 5.92 Å². The summed E-state index contributed by atoms with van der Waals surface area (Å²) in [5.41, 5.74) is 0. The summed E-state index contributed by atoms with van der Waals surface area (Å²) in [6.45, 7) is 6.38. The van der Waals surface area contributed by atoms with Crippen LogP contribution in [-0.4, -0.2) is 35.1 Å². The second-order valence-electron chi connectivity index (χ2n) is 6.66. The molecule has 1 fully saturated rings. The number of unbranched alkanes of at least 4 members (excludes halogenated alkanes) is 7. The van der Waals surface area contributed by atoms with Gasteiger partial charge < -0.3 is 5.11 Å². The van der Waals surface area contributed by atoms with Crippen molar-refractivity contribution in [2.75, 3.05) is 13.1 Å². The first kappa shape index (κ1) is 18.5. The summed E-state index contributed by atoms with van der Waals surface area (Å²) < 4.78 is 0. The van der Waals surface area contributed by atoms with Crippen molar-refractivity contribution >= 4 is 5.97 Å². The van der Waals surface area contributed by atoms with E-state index in [4.69, 9.17) is 0 Å². The van der Waals surface area contributed by atoms with Crippen molar-refractivity contribution in [1.29, 1.82) is 0 Å². The molecule has 3 heteroatoms. The maximum Gasteiger partial charge on any atom is 0.320 e. The highest BCUT2D eigenvalue weighted by molar-refractivity contribution is 5.73. The van der Waals surface area contributed by atoms with Gasteiger partial charge in [-0.15, -0.1) is 0 Å². The van der Waals surface area contributed by atoms with Gasteiger partial charge in [0.1, 0.15) is 6.04 Å². The Balaban J connectivity index is 2.14. The van der Waals surface area contributed by atoms with Gasteiger partial charge in [0.05, 0.1) is 0 Å². The average molecular weight is 297 g/mol. The van der Waals surface area contributed by atoms with Crippen molar-refractivity contribution < 1.29 is 9.90 Å². The van der Waals surface area contributed by atoms with Gasteiger partial charge in [-0.25, -0.2) is 0 Å². The summed E-state index contributed by atoms with van der Waals surface area (Å²) in [7, 11) is 0. The molecular formula is C18H35NO2. The number of hydrogen-bond donors (Lipinski definition) is 1. The van der Waals surface area contributed by atoms with Crippen LogP contribution in [0.3, 0.4) is 0 Å². The Morgan fingerprint density at radius 1 is 1.05 bits per heavy atom. The number of rotatable bonds is 11. The standard InChI is InChI=1S/C18H35NO2/c1-3-5-6-7-8-9-10-11-13-19-14-12-16(4-2)15-17(19)18(20)21/h16-17H,3-15H2,1-2H3,(H,20,21). The lowest BCUT2D eigenvalue weighted by molar-refractivity contribution is -0.145. The van der Waals surface area contributed by atoms with Crippen molar-refractivity contribution in [3.8, 4) is 0 Å². The summed E-state index contributed by atoms with van der Waals surface area (Å²) in [4.78, 5) is 13.6. The van der Waals surface area contributed by atoms with E-state index in [2.05, 4.69) is 18.7 Å². The van der Waals surface area contributed by atoms with E-state index in [0.29, 0.717) is 5.92 Å². The predicted octanol–water partition coefficient (Wildman–Crippen LogP) is 4.70. The van der Waals surface area contributed by atoms with E-state index >= 15 is 0 Å². The van der Waals surface area contributed by atoms with Gasteiger partial charge in [-0.1, -0.05) is 65.2 Å². The second-order valence-corrected chi connectivity index (χ2v) is 6.66. The SMILES string of the molecule is CCCCCCCCCCN1CCC(CC)CC1C(=O)O. The van der Waals surface area contributed by atoms with E-state index < -0.39 is 5.97 Å². The number of piperidine rings is 1. The molecule has 0 saturated carbocycles. The Kier molecular flexibility index (Phi) is 9.73. The highest BCUT2D eigenvalue weighted by Gasteiger charge is 2.31. The molecule has 1 heterocycles. The van der Waals surface area contributed by atoms with Crippen LogP contribution in [0.15, 0.2) is 0 Å². The number of carboxylic acid groups (broad SMARTS) is 1. The lowest BCUT2D eigenvalue weighted by atomic mass is 9.88. The number of carboxylic acids is 1. The molecule has 1 aliphatic heterocycles. The Morgan fingerprint density at radius 2 is 1.67 bits per heavy atom. The van der Waals surface area contributed by atoms with Crippen LogP contribution in [0.25, 0.3) is 0 Å². The summed E-state index contributed by atoms with van der Waals surface area (Å²) in [6, 6.07) is -0.228. The Bertz CT molecular complexity index is 280. The number of hydrogen-bond acceptors (Lipinski definition) is 2. The van der Waals surface area contributed by atoms with Crippen LogP contribution in [0, 0.1) is 5.92 Å². The number of likely N-dealkylation sites (tertiary alicyclic amines) is 1. The van der Waals surface area contributed by atoms with Crippen molar-refractivity contribution in [1.82, 2.24) is 4.90 Å². The molecule has 124 valence electrons. The molecule has 0 aliphatic carbocycles. The van der Waals surface area contributed by atoms with Crippen LogP contribution in [0.5, 0.6) is 0 Å². The van der Waals surface area contributed by atoms with Crippen LogP contribution in [-0.2, 0) is 4.79 Å². The van der Waals surface area contributed by atoms with E-state index in [1.807, 2.05) is 0 Å². The van der Waals surface area contributed by atoms with Gasteiger partial charge in [0.15, 0.2) is 0 Å². The molecule has 0 radical (unpaired) electrons. The van der Waals surface area contributed by atoms with Crippen LogP contribution >= 0.6 is 0 Å². The first-order valence-corrected chi connectivity index (χ1v) is 9.15. The van der Waals surface area contributed by atoms with Crippen LogP contribution in [0.2, 0.25) is 0 Å². The van der Waals surface area contributed by atoms with Crippen molar-refractivity contribution in [2.45, 2.75) is 90.5 Å². The van der Waals surface area contributed by atoms with Gasteiger partial charge in [0.2, 0.25) is 0 Å². The predicted molar refractivity (Wildman–Crippen MR) is 88.6 cm³/mol. The minimum atomic E-state index is -0.618. The van der Waals surface area contributed by atoms with Crippen LogP contribution in [0.1, 0.15) is 84.5 Å². The maximum atomic E-state index is 11.4. The van der Waals surface area contributed by atoms with Gasteiger partial charge in [-0.2, -0.15) is 0 Å². The normalized spacial score (nSPS) is 23.3. The van der Waals surface area contributed by atoms with Gasteiger partial charge in [0.25, 0.3) is 0 Å². The van der Waals surface area contributed by atoms with E-state index in [1.54, 1.807) is 0 Å². The van der Waals surface area contributed by atoms with E-state index in [-0.39, 0.29) is 6.04 Å². The summed E-state index contributed by atoms with van der Waals surface area (Å²) in [6.07, 6.45) is 13.6. The number of nitrogens with zero attached hydrogens (tertiary/aromatic N) is 1. The highest BCUT2D eigenvalue weighted by Crippen LogP contribution is 2.26. The largest absolute Gasteiger partial charge is 0.480 e. The summed E-state index contributed by atoms with van der Waals surface area (Å²) in [5, 5.41) is 9.40. The molecule has 0 aromatic rings. The van der Waals surface area contributed by atoms with Gasteiger partial charge in [0, 0.05) is 0 Å². The fraction of sp³-hybridized carbons (Fsp3) is 0.944. The smallest absolute Gasteiger partial charge is 0.320 e. The molecule has 1 rings (SSSR count). The van der Waals surface area contributed by atoms with Gasteiger partial charge in [-0.3, -0.25) is 9.69 Å². The molecule has 21 heavy (non-hydrogen) atoms. The molecule has 0 aromatic carbocycles. The minimum Gasteiger partial charge on any atom is -0.480 e. The van der Waals surface area contributed by atoms with Gasteiger partial charge >= 0.3 is 5.97 Å². The average Bonchev–Trinajstić information content (AvgIpc) is 2.49. The second kappa shape index (κ2) is 11.1. The Morgan fingerprint density at radius 3 is 2.24 bits per heavy atom. The lowest BCUT2D eigenvalue weighted by Gasteiger charge is -2.36. The first-order valence-electron chi connectivity index (χ1n) is 9.15. The Hall–Kier alpha value is -0.570. The molecule has 2 atom stereocenters. The molecule has 0 amide bonds. The number of aliphatic carboxylic acids is 1. The fourth-order valence-electron chi connectivity index (χ4n) is 3.43. The molecule has 0 spiro atoms. The van der Waals surface area contributed by atoms with E-state index in [0.717, 1.165) is 32.4 Å². The molecule has 3 nitrogen and oxygen atoms in total. The summed E-state index contributed by atoms with van der Waals surface area (Å²) in [5.74, 6) is -0.00590. The van der Waals surface area contributed by atoms with Crippen molar-refractivity contribution in [3.63, 3.8) is 0 Å². The van der Waals surface area contributed by atoms with Crippen LogP contribution in [0.4, 0.5) is 0 Å². The maximum absolute atomic E-state index is 11.4. The first-order chi connectivity index (χ1) is 10.2. The van der Waals surface area contributed by atoms with Gasteiger partial charge in [-0.05, 0) is 38.3 Å². The molecule has 1 aliphatic rings. The van der Waals surface area contributed by atoms with E-state index in [1.165, 1.54) is 51.4 Å². The lowest BCUT2D eigenvalue weighted by Crippen LogP contribution is -2.47. The third-order valence-electron chi connectivity index (χ3n) is 4.98. The zero-order valence-corrected chi connectivity index (χ0v) is 14.1. The molecule has 0 bridgehead atoms. The zero-order valence-electron chi connectivity index (χ0n) is 14.1. The molecule has 0 aromatic heterocycles. The topological polar surface area (TPSA) is 40.5 Å². The third kappa shape index (κ3) is 7.30. The molecule has 2 unspecified atom stereocenters. The minimum absolute atomic E-state index is 0.228. The third-order valence-corrected chi connectivity index (χ3v) is 4.98. The molecule has 1 N–H and O–H groups in total. The van der Waals surface area contributed by atoms with E-state index in [9.17, 15) is 9.90 Å². The number of carbonyl (C=O) groups is 1. The van der Waals surface area contributed by atoms with Crippen LogP contribution < -0.4 is 0 Å². The monoisotopic (exact) mass is 297 g/mol.